The zero-order chi connectivity index (χ0) is 18.7. The Morgan fingerprint density at radius 1 is 1.27 bits per heavy atom. The molecule has 0 bridgehead atoms. The van der Waals surface area contributed by atoms with Crippen molar-refractivity contribution in [3.05, 3.63) is 41.6 Å². The Balaban J connectivity index is 1.73. The fourth-order valence-electron chi connectivity index (χ4n) is 3.29. The molecule has 1 aliphatic rings. The maximum atomic E-state index is 12.5. The van der Waals surface area contributed by atoms with Crippen LogP contribution in [-0.4, -0.2) is 46.9 Å². The Kier molecular flexibility index (Phi) is 5.16. The fraction of sp³-hybridized carbons (Fsp3) is 0.368. The van der Waals surface area contributed by atoms with Crippen LogP contribution in [0.5, 0.6) is 0 Å². The Hall–Kier alpha value is -2.96. The quantitative estimate of drug-likeness (QED) is 0.839. The van der Waals surface area contributed by atoms with Gasteiger partial charge in [-0.1, -0.05) is 18.2 Å². The van der Waals surface area contributed by atoms with Crippen molar-refractivity contribution < 1.29 is 19.1 Å². The van der Waals surface area contributed by atoms with E-state index in [9.17, 15) is 14.4 Å². The molecule has 136 valence electrons. The lowest BCUT2D eigenvalue weighted by Crippen LogP contribution is -2.51. The van der Waals surface area contributed by atoms with E-state index in [1.54, 1.807) is 19.1 Å². The van der Waals surface area contributed by atoms with Gasteiger partial charge in [0.1, 0.15) is 6.04 Å². The van der Waals surface area contributed by atoms with Gasteiger partial charge in [0.2, 0.25) is 5.91 Å². The van der Waals surface area contributed by atoms with Crippen molar-refractivity contribution in [2.24, 2.45) is 5.73 Å². The first-order valence-electron chi connectivity index (χ1n) is 8.59. The molecule has 1 aliphatic heterocycles. The lowest BCUT2D eigenvalue weighted by atomic mass is 10.0. The monoisotopic (exact) mass is 355 g/mol. The lowest BCUT2D eigenvalue weighted by Gasteiger charge is -2.33. The molecule has 0 saturated carbocycles. The molecule has 3 rings (SSSR count). The van der Waals surface area contributed by atoms with Gasteiger partial charge in [0, 0.05) is 17.6 Å². The molecule has 2 aromatic rings. The number of amides is 2. The molecule has 0 aliphatic carbocycles. The summed E-state index contributed by atoms with van der Waals surface area (Å²) in [5.41, 5.74) is 7.12. The van der Waals surface area contributed by atoms with Crippen LogP contribution in [0.2, 0.25) is 0 Å². The maximum Gasteiger partial charge on any atom is 0.339 e. The number of fused-ring (bicyclic) bond motifs is 1. The first-order valence-corrected chi connectivity index (χ1v) is 8.59. The van der Waals surface area contributed by atoms with Gasteiger partial charge in [0.25, 0.3) is 5.91 Å². The number of ether oxygens (including phenoxy) is 1. The maximum absolute atomic E-state index is 12.5. The van der Waals surface area contributed by atoms with Crippen molar-refractivity contribution in [2.45, 2.75) is 32.2 Å². The van der Waals surface area contributed by atoms with Crippen LogP contribution in [0, 0.1) is 6.92 Å². The molecule has 7 nitrogen and oxygen atoms in total. The van der Waals surface area contributed by atoms with Crippen molar-refractivity contribution in [1.82, 2.24) is 9.88 Å². The summed E-state index contributed by atoms with van der Waals surface area (Å²) in [6.45, 7) is 1.82. The highest BCUT2D eigenvalue weighted by molar-refractivity contribution is 6.04. The highest BCUT2D eigenvalue weighted by atomic mass is 16.5. The van der Waals surface area contributed by atoms with Gasteiger partial charge in [0.15, 0.2) is 6.61 Å². The minimum absolute atomic E-state index is 0.367. The van der Waals surface area contributed by atoms with E-state index in [2.05, 4.69) is 4.98 Å². The van der Waals surface area contributed by atoms with Crippen molar-refractivity contribution >= 4 is 28.7 Å². The van der Waals surface area contributed by atoms with Crippen LogP contribution in [0.15, 0.2) is 30.3 Å². The number of hydrogen-bond donors (Lipinski definition) is 1. The van der Waals surface area contributed by atoms with Crippen molar-refractivity contribution in [3.63, 3.8) is 0 Å². The largest absolute Gasteiger partial charge is 0.452 e. The predicted molar refractivity (Wildman–Crippen MR) is 95.3 cm³/mol. The number of carbonyl (C=O) groups is 3. The van der Waals surface area contributed by atoms with E-state index < -0.39 is 30.4 Å². The molecule has 1 fully saturated rings. The second kappa shape index (κ2) is 7.51. The first kappa shape index (κ1) is 17.8. The third kappa shape index (κ3) is 3.66. The third-order valence-corrected chi connectivity index (χ3v) is 4.54. The summed E-state index contributed by atoms with van der Waals surface area (Å²) in [4.78, 5) is 42.2. The molecule has 1 aromatic carbocycles. The van der Waals surface area contributed by atoms with Gasteiger partial charge in [-0.3, -0.25) is 14.6 Å². The topological polar surface area (TPSA) is 103 Å². The van der Waals surface area contributed by atoms with Crippen LogP contribution >= 0.6 is 0 Å². The Labute approximate surface area is 151 Å². The van der Waals surface area contributed by atoms with E-state index in [-0.39, 0.29) is 0 Å². The minimum atomic E-state index is -0.626. The number of primary amides is 1. The summed E-state index contributed by atoms with van der Waals surface area (Å²) in [7, 11) is 0. The number of benzene rings is 1. The van der Waals surface area contributed by atoms with E-state index in [1.165, 1.54) is 4.90 Å². The molecule has 0 radical (unpaired) electrons. The van der Waals surface area contributed by atoms with Crippen LogP contribution in [0.1, 0.15) is 35.3 Å². The van der Waals surface area contributed by atoms with E-state index >= 15 is 0 Å². The number of esters is 1. The van der Waals surface area contributed by atoms with Gasteiger partial charge in [-0.25, -0.2) is 4.79 Å². The highest BCUT2D eigenvalue weighted by Gasteiger charge is 2.31. The number of aromatic nitrogens is 1. The molecule has 1 atom stereocenters. The zero-order valence-corrected chi connectivity index (χ0v) is 14.6. The molecule has 7 heteroatoms. The van der Waals surface area contributed by atoms with Gasteiger partial charge in [-0.2, -0.15) is 0 Å². The van der Waals surface area contributed by atoms with Crippen molar-refractivity contribution in [3.8, 4) is 0 Å². The summed E-state index contributed by atoms with van der Waals surface area (Å²) in [5, 5.41) is 0.670. The van der Waals surface area contributed by atoms with Crippen LogP contribution in [0.3, 0.4) is 0 Å². The molecule has 26 heavy (non-hydrogen) atoms. The number of hydrogen-bond acceptors (Lipinski definition) is 5. The average molecular weight is 355 g/mol. The first-order chi connectivity index (χ1) is 12.5. The van der Waals surface area contributed by atoms with Gasteiger partial charge in [0.05, 0.1) is 11.1 Å². The number of rotatable bonds is 4. The van der Waals surface area contributed by atoms with Crippen LogP contribution in [0.25, 0.3) is 10.9 Å². The highest BCUT2D eigenvalue weighted by Crippen LogP contribution is 2.20. The predicted octanol–water partition coefficient (Wildman–Crippen LogP) is 1.57. The van der Waals surface area contributed by atoms with E-state index in [0.717, 1.165) is 12.8 Å². The van der Waals surface area contributed by atoms with E-state index in [4.69, 9.17) is 10.5 Å². The molecular weight excluding hydrogens is 334 g/mol. The number of aryl methyl sites for hydroxylation is 1. The molecule has 1 aromatic heterocycles. The van der Waals surface area contributed by atoms with Crippen LogP contribution in [-0.2, 0) is 14.3 Å². The summed E-state index contributed by atoms with van der Waals surface area (Å²) in [5.74, 6) is -1.52. The standard InChI is InChI=1S/C19H21N3O4/c1-12-10-14(13-6-2-3-7-15(13)21-12)19(25)26-11-17(23)22-9-5-4-8-16(22)18(20)24/h2-3,6-7,10,16H,4-5,8-9,11H2,1H3,(H2,20,24)/t16-/m0/s1. The number of piperidine rings is 1. The summed E-state index contributed by atoms with van der Waals surface area (Å²) < 4.78 is 5.22. The van der Waals surface area contributed by atoms with E-state index in [1.807, 2.05) is 18.2 Å². The van der Waals surface area contributed by atoms with Crippen molar-refractivity contribution in [1.29, 1.82) is 0 Å². The number of carbonyl (C=O) groups excluding carboxylic acids is 3. The normalized spacial score (nSPS) is 17.1. The van der Waals surface area contributed by atoms with Gasteiger partial charge >= 0.3 is 5.97 Å². The Morgan fingerprint density at radius 2 is 2.04 bits per heavy atom. The Morgan fingerprint density at radius 3 is 2.81 bits per heavy atom. The molecule has 2 amide bonds. The summed E-state index contributed by atoms with van der Waals surface area (Å²) in [6.07, 6.45) is 2.19. The van der Waals surface area contributed by atoms with Crippen molar-refractivity contribution in [2.75, 3.05) is 13.2 Å². The van der Waals surface area contributed by atoms with Gasteiger partial charge in [-0.05, 0) is 38.3 Å². The zero-order valence-electron chi connectivity index (χ0n) is 14.6. The number of para-hydroxylation sites is 1. The number of likely N-dealkylation sites (tertiary alicyclic amines) is 1. The molecular formula is C19H21N3O4. The fourth-order valence-corrected chi connectivity index (χ4v) is 3.29. The second-order valence-electron chi connectivity index (χ2n) is 6.41. The Bertz CT molecular complexity index is 865. The molecule has 0 spiro atoms. The smallest absolute Gasteiger partial charge is 0.339 e. The number of nitrogens with two attached hydrogens (primary N) is 1. The van der Waals surface area contributed by atoms with Crippen LogP contribution in [0.4, 0.5) is 0 Å². The number of pyridine rings is 1. The summed E-state index contributed by atoms with van der Waals surface area (Å²) in [6, 6.07) is 8.27. The third-order valence-electron chi connectivity index (χ3n) is 4.54. The van der Waals surface area contributed by atoms with Gasteiger partial charge < -0.3 is 15.4 Å². The summed E-state index contributed by atoms with van der Waals surface area (Å²) >= 11 is 0. The molecule has 2 N–H and O–H groups in total. The van der Waals surface area contributed by atoms with E-state index in [0.29, 0.717) is 35.1 Å². The average Bonchev–Trinajstić information content (AvgIpc) is 2.65. The number of nitrogens with zero attached hydrogens (tertiary/aromatic N) is 2. The van der Waals surface area contributed by atoms with Crippen LogP contribution < -0.4 is 5.73 Å². The molecule has 2 heterocycles. The molecule has 0 unspecified atom stereocenters. The van der Waals surface area contributed by atoms with Gasteiger partial charge in [-0.15, -0.1) is 0 Å². The lowest BCUT2D eigenvalue weighted by molar-refractivity contribution is -0.143. The second-order valence-corrected chi connectivity index (χ2v) is 6.41. The SMILES string of the molecule is Cc1cc(C(=O)OCC(=O)N2CCCC[C@H]2C(N)=O)c2ccccc2n1. The minimum Gasteiger partial charge on any atom is -0.452 e. The molecule has 1 saturated heterocycles.